The molecule has 0 N–H and O–H groups in total. The Balaban J connectivity index is 0.817. The van der Waals surface area contributed by atoms with Gasteiger partial charge in [0.05, 0.1) is 0 Å². The number of oxazole rings is 1. The molecule has 70 heavy (non-hydrogen) atoms. The smallest absolute Gasteiger partial charge is 0.227 e. The standard InChI is InChI=1S/C67H44N2O/c1-3-11-45(12-4-1)47-23-28-54(29-24-47)67-68-66-64-20-10-19-62(63(64)41-42-65(66)70-67)52-26-21-49(22-27-52)55-30-25-50-33-40-59(44-56(50)43-55)69(57-36-31-48(32-37-57)46-13-5-2-6-14-46)58-38-34-53(35-39-58)61-18-9-16-51-15-7-8-17-60(51)61/h1-44H. The molecule has 12 aromatic carbocycles. The maximum atomic E-state index is 6.35. The molecule has 0 amide bonds. The van der Waals surface area contributed by atoms with Crippen molar-refractivity contribution in [3.8, 4) is 67.1 Å². The molecule has 0 spiro atoms. The highest BCUT2D eigenvalue weighted by Gasteiger charge is 2.17. The van der Waals surface area contributed by atoms with Crippen LogP contribution in [-0.2, 0) is 0 Å². The molecule has 0 saturated carbocycles. The fourth-order valence-electron chi connectivity index (χ4n) is 10.1. The minimum Gasteiger partial charge on any atom is -0.436 e. The summed E-state index contributed by atoms with van der Waals surface area (Å²) < 4.78 is 6.35. The molecule has 1 aromatic heterocycles. The van der Waals surface area contributed by atoms with Crippen LogP contribution in [0.5, 0.6) is 0 Å². The monoisotopic (exact) mass is 892 g/mol. The number of aromatic nitrogens is 1. The molecule has 328 valence electrons. The van der Waals surface area contributed by atoms with Gasteiger partial charge in [-0.2, -0.15) is 0 Å². The Morgan fingerprint density at radius 3 is 1.43 bits per heavy atom. The SMILES string of the molecule is c1ccc(-c2ccc(-c3nc4c(ccc5c(-c6ccc(-c7ccc8ccc(N(c9ccc(-c%10ccccc%10)cc9)c9ccc(-c%10cccc%11ccccc%10%11)cc9)cc8c7)cc6)cccc54)o3)cc2)cc1. The fraction of sp³-hybridized carbons (Fsp3) is 0. The normalized spacial score (nSPS) is 11.4. The molecule has 0 unspecified atom stereocenters. The molecular weight excluding hydrogens is 849 g/mol. The highest BCUT2D eigenvalue weighted by molar-refractivity contribution is 6.10. The van der Waals surface area contributed by atoms with Crippen molar-refractivity contribution in [3.05, 3.63) is 267 Å². The summed E-state index contributed by atoms with van der Waals surface area (Å²) >= 11 is 0. The second-order valence-corrected chi connectivity index (χ2v) is 17.9. The molecular formula is C67H44N2O. The van der Waals surface area contributed by atoms with E-state index in [9.17, 15) is 0 Å². The van der Waals surface area contributed by atoms with Crippen molar-refractivity contribution in [2.45, 2.75) is 0 Å². The molecule has 3 nitrogen and oxygen atoms in total. The van der Waals surface area contributed by atoms with Crippen molar-refractivity contribution in [2.75, 3.05) is 4.90 Å². The molecule has 1 heterocycles. The Morgan fingerprint density at radius 1 is 0.271 bits per heavy atom. The van der Waals surface area contributed by atoms with E-state index in [2.05, 4.69) is 266 Å². The van der Waals surface area contributed by atoms with Gasteiger partial charge in [-0.1, -0.05) is 200 Å². The lowest BCUT2D eigenvalue weighted by Crippen LogP contribution is -2.09. The van der Waals surface area contributed by atoms with Crippen LogP contribution in [0.4, 0.5) is 17.1 Å². The molecule has 0 aliphatic heterocycles. The van der Waals surface area contributed by atoms with Gasteiger partial charge in [0.2, 0.25) is 5.89 Å². The number of benzene rings is 12. The highest BCUT2D eigenvalue weighted by atomic mass is 16.3. The Bertz CT molecular complexity index is 4000. The number of hydrogen-bond acceptors (Lipinski definition) is 3. The summed E-state index contributed by atoms with van der Waals surface area (Å²) in [5.74, 6) is 0.621. The van der Waals surface area contributed by atoms with Gasteiger partial charge in [-0.3, -0.25) is 0 Å². The zero-order valence-corrected chi connectivity index (χ0v) is 38.2. The van der Waals surface area contributed by atoms with E-state index in [1.165, 1.54) is 54.9 Å². The van der Waals surface area contributed by atoms with Gasteiger partial charge in [0.1, 0.15) is 5.52 Å². The van der Waals surface area contributed by atoms with Crippen LogP contribution in [0.25, 0.3) is 111 Å². The van der Waals surface area contributed by atoms with Gasteiger partial charge in [0.25, 0.3) is 0 Å². The molecule has 13 aromatic rings. The average Bonchev–Trinajstić information content (AvgIpc) is 3.89. The van der Waals surface area contributed by atoms with Gasteiger partial charge in [-0.05, 0) is 149 Å². The zero-order chi connectivity index (χ0) is 46.4. The predicted octanol–water partition coefficient (Wildman–Crippen LogP) is 18.8. The van der Waals surface area contributed by atoms with E-state index in [0.717, 1.165) is 66.8 Å². The minimum atomic E-state index is 0.621. The van der Waals surface area contributed by atoms with Gasteiger partial charge >= 0.3 is 0 Å². The van der Waals surface area contributed by atoms with Crippen LogP contribution in [0.2, 0.25) is 0 Å². The van der Waals surface area contributed by atoms with E-state index in [0.29, 0.717) is 5.89 Å². The van der Waals surface area contributed by atoms with Gasteiger partial charge in [-0.25, -0.2) is 4.98 Å². The Labute approximate surface area is 406 Å². The van der Waals surface area contributed by atoms with Gasteiger partial charge in [-0.15, -0.1) is 0 Å². The van der Waals surface area contributed by atoms with E-state index in [4.69, 9.17) is 9.40 Å². The zero-order valence-electron chi connectivity index (χ0n) is 38.2. The first kappa shape index (κ1) is 40.9. The number of rotatable bonds is 9. The number of fused-ring (bicyclic) bond motifs is 5. The van der Waals surface area contributed by atoms with Crippen LogP contribution in [0, 0.1) is 0 Å². The first-order valence-electron chi connectivity index (χ1n) is 23.8. The molecule has 3 heteroatoms. The Kier molecular flexibility index (Phi) is 10.2. The largest absolute Gasteiger partial charge is 0.436 e. The summed E-state index contributed by atoms with van der Waals surface area (Å²) in [5, 5.41) is 7.08. The van der Waals surface area contributed by atoms with Crippen molar-refractivity contribution < 1.29 is 4.42 Å². The fourth-order valence-corrected chi connectivity index (χ4v) is 10.1. The summed E-state index contributed by atoms with van der Waals surface area (Å²) in [7, 11) is 0. The van der Waals surface area contributed by atoms with E-state index in [1.54, 1.807) is 0 Å². The quantitative estimate of drug-likeness (QED) is 0.145. The summed E-state index contributed by atoms with van der Waals surface area (Å²) in [4.78, 5) is 7.41. The van der Waals surface area contributed by atoms with Crippen molar-refractivity contribution in [1.29, 1.82) is 0 Å². The van der Waals surface area contributed by atoms with E-state index in [1.807, 2.05) is 6.07 Å². The van der Waals surface area contributed by atoms with Crippen LogP contribution in [0.1, 0.15) is 0 Å². The van der Waals surface area contributed by atoms with Gasteiger partial charge in [0, 0.05) is 28.0 Å². The topological polar surface area (TPSA) is 29.3 Å². The van der Waals surface area contributed by atoms with E-state index >= 15 is 0 Å². The van der Waals surface area contributed by atoms with Crippen LogP contribution in [0.15, 0.2) is 271 Å². The average molecular weight is 893 g/mol. The van der Waals surface area contributed by atoms with Crippen LogP contribution in [0.3, 0.4) is 0 Å². The lowest BCUT2D eigenvalue weighted by atomic mass is 9.95. The lowest BCUT2D eigenvalue weighted by Gasteiger charge is -2.26. The minimum absolute atomic E-state index is 0.621. The maximum absolute atomic E-state index is 6.35. The third-order valence-corrected chi connectivity index (χ3v) is 13.7. The van der Waals surface area contributed by atoms with Crippen molar-refractivity contribution in [1.82, 2.24) is 4.98 Å². The van der Waals surface area contributed by atoms with Crippen molar-refractivity contribution in [3.63, 3.8) is 0 Å². The van der Waals surface area contributed by atoms with E-state index in [-0.39, 0.29) is 0 Å². The molecule has 0 atom stereocenters. The molecule has 13 rings (SSSR count). The molecule has 0 radical (unpaired) electrons. The lowest BCUT2D eigenvalue weighted by molar-refractivity contribution is 0.620. The van der Waals surface area contributed by atoms with Gasteiger partial charge < -0.3 is 9.32 Å². The van der Waals surface area contributed by atoms with Crippen LogP contribution >= 0.6 is 0 Å². The van der Waals surface area contributed by atoms with Crippen LogP contribution in [-0.4, -0.2) is 4.98 Å². The summed E-state index contributed by atoms with van der Waals surface area (Å²) in [6.45, 7) is 0. The number of anilines is 3. The molecule has 0 saturated heterocycles. The number of nitrogens with zero attached hydrogens (tertiary/aromatic N) is 2. The second kappa shape index (κ2) is 17.4. The molecule has 0 fully saturated rings. The van der Waals surface area contributed by atoms with Gasteiger partial charge in [0.15, 0.2) is 5.58 Å². The highest BCUT2D eigenvalue weighted by Crippen LogP contribution is 2.41. The number of hydrogen-bond donors (Lipinski definition) is 0. The first-order valence-corrected chi connectivity index (χ1v) is 23.8. The Hall–Kier alpha value is -9.31. The third-order valence-electron chi connectivity index (χ3n) is 13.7. The molecule has 0 bridgehead atoms. The Morgan fingerprint density at radius 2 is 0.743 bits per heavy atom. The third kappa shape index (κ3) is 7.56. The van der Waals surface area contributed by atoms with E-state index < -0.39 is 0 Å². The first-order chi connectivity index (χ1) is 34.7. The summed E-state index contributed by atoms with van der Waals surface area (Å²) in [6, 6.07) is 95.7. The summed E-state index contributed by atoms with van der Waals surface area (Å²) in [5.41, 5.74) is 17.7. The summed E-state index contributed by atoms with van der Waals surface area (Å²) in [6.07, 6.45) is 0. The van der Waals surface area contributed by atoms with Crippen molar-refractivity contribution in [2.24, 2.45) is 0 Å². The van der Waals surface area contributed by atoms with Crippen LogP contribution < -0.4 is 4.90 Å². The molecule has 0 aliphatic rings. The second-order valence-electron chi connectivity index (χ2n) is 17.9. The van der Waals surface area contributed by atoms with Crippen molar-refractivity contribution >= 4 is 60.5 Å². The maximum Gasteiger partial charge on any atom is 0.227 e. The predicted molar refractivity (Wildman–Crippen MR) is 294 cm³/mol. The molecule has 0 aliphatic carbocycles.